The molecule has 1 fully saturated rings. The van der Waals surface area contributed by atoms with Crippen LogP contribution in [0.15, 0.2) is 24.3 Å². The van der Waals surface area contributed by atoms with E-state index < -0.39 is 5.97 Å². The quantitative estimate of drug-likeness (QED) is 0.876. The molecule has 0 saturated carbocycles. The van der Waals surface area contributed by atoms with Crippen molar-refractivity contribution in [2.45, 2.75) is 38.3 Å². The average Bonchev–Trinajstić information content (AvgIpc) is 2.38. The maximum atomic E-state index is 12.0. The Labute approximate surface area is 117 Å². The summed E-state index contributed by atoms with van der Waals surface area (Å²) in [6, 6.07) is 6.62. The van der Waals surface area contributed by atoms with E-state index in [4.69, 9.17) is 9.84 Å². The van der Waals surface area contributed by atoms with Gasteiger partial charge in [0, 0.05) is 12.6 Å². The van der Waals surface area contributed by atoms with Crippen molar-refractivity contribution in [1.29, 1.82) is 0 Å². The molecule has 0 bridgehead atoms. The minimum atomic E-state index is -0.981. The largest absolute Gasteiger partial charge is 0.478 e. The van der Waals surface area contributed by atoms with E-state index in [0.29, 0.717) is 12.2 Å². The Morgan fingerprint density at radius 3 is 2.95 bits per heavy atom. The Bertz CT molecular complexity index is 500. The third-order valence-corrected chi connectivity index (χ3v) is 3.39. The van der Waals surface area contributed by atoms with E-state index in [0.717, 1.165) is 12.8 Å². The molecule has 0 aromatic heterocycles. The zero-order valence-electron chi connectivity index (χ0n) is 11.5. The van der Waals surface area contributed by atoms with Gasteiger partial charge < -0.3 is 15.2 Å². The summed E-state index contributed by atoms with van der Waals surface area (Å²) < 4.78 is 5.43. The highest BCUT2D eigenvalue weighted by atomic mass is 16.5. The molecule has 1 aromatic rings. The Balaban J connectivity index is 1.91. The van der Waals surface area contributed by atoms with Crippen LogP contribution in [0.5, 0.6) is 0 Å². The molecule has 5 heteroatoms. The third-order valence-electron chi connectivity index (χ3n) is 3.39. The van der Waals surface area contributed by atoms with Crippen LogP contribution in [-0.4, -0.2) is 35.7 Å². The average molecular weight is 277 g/mol. The number of carbonyl (C=O) groups excluding carboxylic acids is 1. The molecule has 0 radical (unpaired) electrons. The minimum Gasteiger partial charge on any atom is -0.478 e. The van der Waals surface area contributed by atoms with Crippen molar-refractivity contribution in [3.63, 3.8) is 0 Å². The van der Waals surface area contributed by atoms with Gasteiger partial charge in [-0.3, -0.25) is 4.79 Å². The number of carboxylic acid groups (broad SMARTS) is 1. The van der Waals surface area contributed by atoms with Crippen LogP contribution in [0.2, 0.25) is 0 Å². The van der Waals surface area contributed by atoms with Crippen LogP contribution in [0.3, 0.4) is 0 Å². The van der Waals surface area contributed by atoms with Crippen molar-refractivity contribution >= 4 is 11.9 Å². The number of carboxylic acids is 1. The topological polar surface area (TPSA) is 75.6 Å². The molecular formula is C15H19NO4. The predicted octanol–water partition coefficient (Wildman–Crippen LogP) is 1.61. The first-order chi connectivity index (χ1) is 9.54. The molecule has 2 atom stereocenters. The summed E-state index contributed by atoms with van der Waals surface area (Å²) >= 11 is 0. The fraction of sp³-hybridized carbons (Fsp3) is 0.467. The van der Waals surface area contributed by atoms with Crippen LogP contribution in [0.4, 0.5) is 0 Å². The molecule has 5 nitrogen and oxygen atoms in total. The van der Waals surface area contributed by atoms with Gasteiger partial charge in [0.2, 0.25) is 5.91 Å². The summed E-state index contributed by atoms with van der Waals surface area (Å²) in [5.41, 5.74) is 0.914. The monoisotopic (exact) mass is 277 g/mol. The highest BCUT2D eigenvalue weighted by Gasteiger charge is 2.20. The van der Waals surface area contributed by atoms with Crippen LogP contribution < -0.4 is 5.32 Å². The molecule has 0 spiro atoms. The lowest BCUT2D eigenvalue weighted by Crippen LogP contribution is -2.41. The van der Waals surface area contributed by atoms with Crippen LogP contribution in [0.1, 0.15) is 35.7 Å². The molecule has 0 aliphatic carbocycles. The maximum absolute atomic E-state index is 12.0. The van der Waals surface area contributed by atoms with Gasteiger partial charge in [0.25, 0.3) is 0 Å². The number of benzene rings is 1. The molecule has 2 N–H and O–H groups in total. The summed E-state index contributed by atoms with van der Waals surface area (Å²) in [6.07, 6.45) is 2.02. The van der Waals surface area contributed by atoms with Gasteiger partial charge in [0.1, 0.15) is 0 Å². The fourth-order valence-corrected chi connectivity index (χ4v) is 2.41. The first-order valence-electron chi connectivity index (χ1n) is 6.78. The van der Waals surface area contributed by atoms with E-state index in [9.17, 15) is 9.59 Å². The molecule has 2 rings (SSSR count). The molecule has 1 heterocycles. The molecule has 1 aliphatic rings. The molecule has 1 aliphatic heterocycles. The molecule has 1 amide bonds. The smallest absolute Gasteiger partial charge is 0.335 e. The molecule has 108 valence electrons. The van der Waals surface area contributed by atoms with E-state index in [1.807, 2.05) is 6.92 Å². The van der Waals surface area contributed by atoms with E-state index in [1.54, 1.807) is 12.1 Å². The SMILES string of the molecule is CC1CC(NC(=O)Cc2cccc(C(=O)O)c2)CCO1. The summed E-state index contributed by atoms with van der Waals surface area (Å²) in [6.45, 7) is 2.66. The van der Waals surface area contributed by atoms with Crippen molar-refractivity contribution in [3.8, 4) is 0 Å². The second-order valence-corrected chi connectivity index (χ2v) is 5.15. The lowest BCUT2D eigenvalue weighted by molar-refractivity contribution is -0.122. The van der Waals surface area contributed by atoms with E-state index >= 15 is 0 Å². The Kier molecular flexibility index (Phi) is 4.74. The number of nitrogens with one attached hydrogen (secondary N) is 1. The number of carbonyl (C=O) groups is 2. The van der Waals surface area contributed by atoms with Crippen LogP contribution in [0.25, 0.3) is 0 Å². The molecule has 1 aromatic carbocycles. The van der Waals surface area contributed by atoms with Gasteiger partial charge in [-0.15, -0.1) is 0 Å². The fourth-order valence-electron chi connectivity index (χ4n) is 2.41. The Hall–Kier alpha value is -1.88. The summed E-state index contributed by atoms with van der Waals surface area (Å²) in [7, 11) is 0. The van der Waals surface area contributed by atoms with Gasteiger partial charge in [0.05, 0.1) is 18.1 Å². The highest BCUT2D eigenvalue weighted by molar-refractivity contribution is 5.88. The second-order valence-electron chi connectivity index (χ2n) is 5.15. The predicted molar refractivity (Wildman–Crippen MR) is 73.7 cm³/mol. The van der Waals surface area contributed by atoms with Gasteiger partial charge in [-0.2, -0.15) is 0 Å². The number of amides is 1. The standard InChI is InChI=1S/C15H19NO4/c1-10-7-13(5-6-20-10)16-14(17)9-11-3-2-4-12(8-11)15(18)19/h2-4,8,10,13H,5-7,9H2,1H3,(H,16,17)(H,18,19). The normalized spacial score (nSPS) is 22.2. The summed E-state index contributed by atoms with van der Waals surface area (Å²) in [5.74, 6) is -1.06. The van der Waals surface area contributed by atoms with Crippen molar-refractivity contribution in [2.75, 3.05) is 6.61 Å². The summed E-state index contributed by atoms with van der Waals surface area (Å²) in [5, 5.41) is 11.9. The summed E-state index contributed by atoms with van der Waals surface area (Å²) in [4.78, 5) is 22.8. The lowest BCUT2D eigenvalue weighted by Gasteiger charge is -2.27. The lowest BCUT2D eigenvalue weighted by atomic mass is 10.0. The molecular weight excluding hydrogens is 258 g/mol. The van der Waals surface area contributed by atoms with Gasteiger partial charge in [-0.1, -0.05) is 12.1 Å². The number of hydrogen-bond donors (Lipinski definition) is 2. The maximum Gasteiger partial charge on any atom is 0.335 e. The Morgan fingerprint density at radius 1 is 1.45 bits per heavy atom. The molecule has 1 saturated heterocycles. The van der Waals surface area contributed by atoms with Crippen LogP contribution in [-0.2, 0) is 16.0 Å². The minimum absolute atomic E-state index is 0.0772. The first kappa shape index (κ1) is 14.5. The zero-order valence-corrected chi connectivity index (χ0v) is 11.5. The number of rotatable bonds is 4. The number of ether oxygens (including phenoxy) is 1. The number of hydrogen-bond acceptors (Lipinski definition) is 3. The number of aromatic carboxylic acids is 1. The first-order valence-corrected chi connectivity index (χ1v) is 6.78. The molecule has 2 unspecified atom stereocenters. The van der Waals surface area contributed by atoms with Gasteiger partial charge in [0.15, 0.2) is 0 Å². The third kappa shape index (κ3) is 4.06. The van der Waals surface area contributed by atoms with Crippen LogP contribution in [0, 0.1) is 0 Å². The molecule has 20 heavy (non-hydrogen) atoms. The van der Waals surface area contributed by atoms with E-state index in [2.05, 4.69) is 5.32 Å². The zero-order chi connectivity index (χ0) is 14.5. The van der Waals surface area contributed by atoms with Crippen LogP contribution >= 0.6 is 0 Å². The van der Waals surface area contributed by atoms with Crippen molar-refractivity contribution in [3.05, 3.63) is 35.4 Å². The second kappa shape index (κ2) is 6.52. The van der Waals surface area contributed by atoms with Gasteiger partial charge >= 0.3 is 5.97 Å². The van der Waals surface area contributed by atoms with Gasteiger partial charge in [-0.05, 0) is 37.5 Å². The highest BCUT2D eigenvalue weighted by Crippen LogP contribution is 2.13. The van der Waals surface area contributed by atoms with Crippen molar-refractivity contribution in [1.82, 2.24) is 5.32 Å². The van der Waals surface area contributed by atoms with E-state index in [1.165, 1.54) is 12.1 Å². The van der Waals surface area contributed by atoms with Crippen molar-refractivity contribution in [2.24, 2.45) is 0 Å². The van der Waals surface area contributed by atoms with Gasteiger partial charge in [-0.25, -0.2) is 4.79 Å². The van der Waals surface area contributed by atoms with Crippen molar-refractivity contribution < 1.29 is 19.4 Å². The Morgan fingerprint density at radius 2 is 2.25 bits per heavy atom. The van der Waals surface area contributed by atoms with E-state index in [-0.39, 0.29) is 30.0 Å².